The Morgan fingerprint density at radius 1 is 1.40 bits per heavy atom. The highest BCUT2D eigenvalue weighted by Gasteiger charge is 2.26. The average Bonchev–Trinajstić information content (AvgIpc) is 2.47. The quantitative estimate of drug-likeness (QED) is 0.480. The maximum Gasteiger partial charge on any atom is 0.307 e. The minimum Gasteiger partial charge on any atom is -0.436 e. The van der Waals surface area contributed by atoms with Gasteiger partial charge in [-0.2, -0.15) is 0 Å². The van der Waals surface area contributed by atoms with E-state index in [1.165, 1.54) is 12.1 Å². The average molecular weight is 279 g/mol. The first-order valence-electron chi connectivity index (χ1n) is 6.69. The van der Waals surface area contributed by atoms with E-state index in [4.69, 9.17) is 9.47 Å². The van der Waals surface area contributed by atoms with Gasteiger partial charge in [0.1, 0.15) is 0 Å². The molecule has 1 aliphatic heterocycles. The van der Waals surface area contributed by atoms with Gasteiger partial charge >= 0.3 is 5.97 Å². The second-order valence-electron chi connectivity index (χ2n) is 4.68. The van der Waals surface area contributed by atoms with Crippen molar-refractivity contribution in [3.05, 3.63) is 39.9 Å². The summed E-state index contributed by atoms with van der Waals surface area (Å²) in [4.78, 5) is 21.4. The Bertz CT molecular complexity index is 485. The summed E-state index contributed by atoms with van der Waals surface area (Å²) in [6.45, 7) is 1.74. The normalized spacial score (nSPS) is 22.2. The first-order chi connectivity index (χ1) is 9.60. The van der Waals surface area contributed by atoms with Gasteiger partial charge in [-0.1, -0.05) is 6.92 Å². The predicted octanol–water partition coefficient (Wildman–Crippen LogP) is 3.12. The lowest BCUT2D eigenvalue weighted by molar-refractivity contribution is -0.384. The molecule has 1 aliphatic rings. The highest BCUT2D eigenvalue weighted by atomic mass is 16.7. The lowest BCUT2D eigenvalue weighted by Gasteiger charge is -2.29. The van der Waals surface area contributed by atoms with Crippen LogP contribution in [0.2, 0.25) is 0 Å². The Morgan fingerprint density at radius 2 is 2.10 bits per heavy atom. The van der Waals surface area contributed by atoms with Crippen molar-refractivity contribution in [2.45, 2.75) is 45.0 Å². The third kappa shape index (κ3) is 3.54. The Balaban J connectivity index is 2.01. The van der Waals surface area contributed by atoms with Gasteiger partial charge in [0.25, 0.3) is 5.69 Å². The highest BCUT2D eigenvalue weighted by molar-refractivity contribution is 5.68. The molecule has 0 bridgehead atoms. The van der Waals surface area contributed by atoms with Crippen LogP contribution in [-0.2, 0) is 14.3 Å². The molecule has 1 saturated heterocycles. The molecule has 0 saturated carbocycles. The smallest absolute Gasteiger partial charge is 0.307 e. The van der Waals surface area contributed by atoms with Gasteiger partial charge in [-0.15, -0.1) is 0 Å². The number of carbonyl (C=O) groups is 1. The van der Waals surface area contributed by atoms with E-state index >= 15 is 0 Å². The topological polar surface area (TPSA) is 78.7 Å². The number of benzene rings is 1. The molecule has 0 spiro atoms. The second-order valence-corrected chi connectivity index (χ2v) is 4.68. The van der Waals surface area contributed by atoms with E-state index in [0.29, 0.717) is 12.8 Å². The molecule has 1 heterocycles. The number of rotatable bonds is 4. The van der Waals surface area contributed by atoms with Crippen LogP contribution in [0.25, 0.3) is 0 Å². The molecule has 2 atom stereocenters. The number of hydrogen-bond donors (Lipinski definition) is 0. The molecule has 1 aromatic carbocycles. The molecule has 2 rings (SSSR count). The molecule has 6 nitrogen and oxygen atoms in total. The Kier molecular flexibility index (Phi) is 4.68. The molecule has 0 radical (unpaired) electrons. The van der Waals surface area contributed by atoms with Crippen LogP contribution < -0.4 is 0 Å². The summed E-state index contributed by atoms with van der Waals surface area (Å²) in [5.74, 6) is -0.278. The van der Waals surface area contributed by atoms with Crippen LogP contribution in [0.3, 0.4) is 0 Å². The molecule has 108 valence electrons. The van der Waals surface area contributed by atoms with E-state index in [9.17, 15) is 14.9 Å². The van der Waals surface area contributed by atoms with Crippen LogP contribution in [-0.4, -0.2) is 17.2 Å². The van der Waals surface area contributed by atoms with Crippen molar-refractivity contribution < 1.29 is 19.2 Å². The molecule has 2 unspecified atom stereocenters. The largest absolute Gasteiger partial charge is 0.436 e. The van der Waals surface area contributed by atoms with Crippen molar-refractivity contribution in [2.75, 3.05) is 0 Å². The van der Waals surface area contributed by atoms with Crippen LogP contribution in [0.1, 0.15) is 44.3 Å². The van der Waals surface area contributed by atoms with Gasteiger partial charge < -0.3 is 9.47 Å². The third-order valence-electron chi connectivity index (χ3n) is 3.25. The maximum atomic E-state index is 11.3. The zero-order valence-electron chi connectivity index (χ0n) is 11.3. The Morgan fingerprint density at radius 3 is 2.70 bits per heavy atom. The van der Waals surface area contributed by atoms with E-state index in [1.54, 1.807) is 19.1 Å². The number of nitro benzene ring substituents is 1. The van der Waals surface area contributed by atoms with Crippen LogP contribution in [0.15, 0.2) is 24.3 Å². The van der Waals surface area contributed by atoms with Gasteiger partial charge in [0.15, 0.2) is 0 Å². The van der Waals surface area contributed by atoms with Crippen LogP contribution >= 0.6 is 0 Å². The fourth-order valence-corrected chi connectivity index (χ4v) is 2.16. The summed E-state index contributed by atoms with van der Waals surface area (Å²) in [5.41, 5.74) is 0.923. The molecule has 0 amide bonds. The van der Waals surface area contributed by atoms with Gasteiger partial charge in [-0.25, -0.2) is 0 Å². The summed E-state index contributed by atoms with van der Waals surface area (Å²) in [7, 11) is 0. The zero-order chi connectivity index (χ0) is 14.5. The third-order valence-corrected chi connectivity index (χ3v) is 3.25. The lowest BCUT2D eigenvalue weighted by Crippen LogP contribution is -2.27. The maximum absolute atomic E-state index is 11.3. The summed E-state index contributed by atoms with van der Waals surface area (Å²) in [6.07, 6.45) is 2.02. The second kappa shape index (κ2) is 6.47. The number of ether oxygens (including phenoxy) is 2. The summed E-state index contributed by atoms with van der Waals surface area (Å²) >= 11 is 0. The number of esters is 1. The molecule has 0 N–H and O–H groups in total. The van der Waals surface area contributed by atoms with Gasteiger partial charge in [0.05, 0.1) is 11.0 Å². The Labute approximate surface area is 116 Å². The zero-order valence-corrected chi connectivity index (χ0v) is 11.3. The van der Waals surface area contributed by atoms with E-state index in [1.807, 2.05) is 0 Å². The highest BCUT2D eigenvalue weighted by Crippen LogP contribution is 2.32. The molecular weight excluding hydrogens is 262 g/mol. The van der Waals surface area contributed by atoms with Crippen molar-refractivity contribution >= 4 is 11.7 Å². The predicted molar refractivity (Wildman–Crippen MR) is 70.9 cm³/mol. The molecular formula is C14H17NO5. The Hall–Kier alpha value is -1.95. The van der Waals surface area contributed by atoms with Crippen molar-refractivity contribution in [3.63, 3.8) is 0 Å². The van der Waals surface area contributed by atoms with Crippen molar-refractivity contribution in [2.24, 2.45) is 0 Å². The molecule has 1 aromatic rings. The van der Waals surface area contributed by atoms with E-state index in [0.717, 1.165) is 18.4 Å². The van der Waals surface area contributed by atoms with E-state index in [-0.39, 0.29) is 17.8 Å². The first kappa shape index (κ1) is 14.5. The van der Waals surface area contributed by atoms with Crippen molar-refractivity contribution in [1.82, 2.24) is 0 Å². The fraction of sp³-hybridized carbons (Fsp3) is 0.500. The molecule has 20 heavy (non-hydrogen) atoms. The monoisotopic (exact) mass is 279 g/mol. The van der Waals surface area contributed by atoms with Gasteiger partial charge in [-0.05, 0) is 30.5 Å². The van der Waals surface area contributed by atoms with Crippen LogP contribution in [0.5, 0.6) is 0 Å². The molecule has 0 aliphatic carbocycles. The summed E-state index contributed by atoms with van der Waals surface area (Å²) in [5, 5.41) is 10.6. The first-order valence-corrected chi connectivity index (χ1v) is 6.69. The minimum atomic E-state index is -0.517. The standard InChI is InChI=1S/C14H17NO5/c1-2-13(16)20-14-5-3-4-12(19-14)10-6-8-11(9-7-10)15(17)18/h6-9,12,14H,2-5H2,1H3. The van der Waals surface area contributed by atoms with Crippen molar-refractivity contribution in [1.29, 1.82) is 0 Å². The van der Waals surface area contributed by atoms with Crippen LogP contribution in [0.4, 0.5) is 5.69 Å². The van der Waals surface area contributed by atoms with E-state index in [2.05, 4.69) is 0 Å². The number of carbonyl (C=O) groups excluding carboxylic acids is 1. The number of non-ortho nitro benzene ring substituents is 1. The van der Waals surface area contributed by atoms with Crippen molar-refractivity contribution in [3.8, 4) is 0 Å². The van der Waals surface area contributed by atoms with Gasteiger partial charge in [-0.3, -0.25) is 14.9 Å². The summed E-state index contributed by atoms with van der Waals surface area (Å²) < 4.78 is 10.9. The number of nitro groups is 1. The molecule has 6 heteroatoms. The number of hydrogen-bond acceptors (Lipinski definition) is 5. The SMILES string of the molecule is CCC(=O)OC1CCCC(c2ccc([N+](=O)[O-])cc2)O1. The fourth-order valence-electron chi connectivity index (χ4n) is 2.16. The lowest BCUT2D eigenvalue weighted by atomic mass is 10.0. The van der Waals surface area contributed by atoms with Crippen LogP contribution in [0, 0.1) is 10.1 Å². The minimum absolute atomic E-state index is 0.0542. The summed E-state index contributed by atoms with van der Waals surface area (Å²) in [6, 6.07) is 6.29. The van der Waals surface area contributed by atoms with Gasteiger partial charge in [0.2, 0.25) is 6.29 Å². The molecule has 1 fully saturated rings. The van der Waals surface area contributed by atoms with E-state index < -0.39 is 11.2 Å². The molecule has 0 aromatic heterocycles. The van der Waals surface area contributed by atoms with Gasteiger partial charge in [0, 0.05) is 25.0 Å². The number of nitrogens with zero attached hydrogens (tertiary/aromatic N) is 1.